The number of para-hydroxylation sites is 1. The Labute approximate surface area is 178 Å². The summed E-state index contributed by atoms with van der Waals surface area (Å²) in [7, 11) is 1.64. The molecule has 4 rings (SSSR count). The lowest BCUT2D eigenvalue weighted by atomic mass is 10.2. The Balaban J connectivity index is 1.49. The molecule has 2 heterocycles. The van der Waals surface area contributed by atoms with Crippen molar-refractivity contribution in [3.05, 3.63) is 42.5 Å². The molecule has 3 aromatic rings. The number of fused-ring (bicyclic) bond motifs is 2. The second-order valence-corrected chi connectivity index (χ2v) is 7.49. The van der Waals surface area contributed by atoms with E-state index in [1.807, 2.05) is 42.5 Å². The van der Waals surface area contributed by atoms with E-state index in [4.69, 9.17) is 14.2 Å². The Morgan fingerprint density at radius 2 is 2.03 bits per heavy atom. The van der Waals surface area contributed by atoms with Crippen molar-refractivity contribution in [1.29, 1.82) is 0 Å². The number of carbonyl (C=O) groups excluding carboxylic acids is 1. The zero-order valence-electron chi connectivity index (χ0n) is 16.5. The standard InChI is InChI=1S/C21H22N4O4S/c1-27-10-4-9-22-19(26)12-30-21-24-16-6-3-2-5-15(16)20(25-21)23-14-7-8-17-18(11-14)29-13-28-17/h2-3,5-8,11H,4,9-10,12-13H2,1H3,(H,22,26)(H,23,24,25). The molecular formula is C21H22N4O4S. The third-order valence-corrected chi connectivity index (χ3v) is 5.25. The van der Waals surface area contributed by atoms with E-state index in [-0.39, 0.29) is 18.5 Å². The molecule has 0 saturated carbocycles. The van der Waals surface area contributed by atoms with Crippen LogP contribution in [0.15, 0.2) is 47.6 Å². The van der Waals surface area contributed by atoms with Gasteiger partial charge in [0.1, 0.15) is 5.82 Å². The van der Waals surface area contributed by atoms with Crippen molar-refractivity contribution in [3.63, 3.8) is 0 Å². The number of amides is 1. The van der Waals surface area contributed by atoms with Crippen LogP contribution in [0.25, 0.3) is 10.9 Å². The van der Waals surface area contributed by atoms with E-state index in [1.165, 1.54) is 11.8 Å². The maximum Gasteiger partial charge on any atom is 0.231 e. The van der Waals surface area contributed by atoms with Gasteiger partial charge < -0.3 is 24.8 Å². The fraction of sp³-hybridized carbons (Fsp3) is 0.286. The van der Waals surface area contributed by atoms with Gasteiger partial charge in [-0.2, -0.15) is 0 Å². The van der Waals surface area contributed by atoms with Gasteiger partial charge in [0.2, 0.25) is 12.7 Å². The summed E-state index contributed by atoms with van der Waals surface area (Å²) in [6.07, 6.45) is 0.781. The number of ether oxygens (including phenoxy) is 3. The first-order chi connectivity index (χ1) is 14.7. The molecule has 8 nitrogen and oxygen atoms in total. The van der Waals surface area contributed by atoms with Crippen LogP contribution in [0.5, 0.6) is 11.5 Å². The largest absolute Gasteiger partial charge is 0.454 e. The highest BCUT2D eigenvalue weighted by Crippen LogP contribution is 2.36. The summed E-state index contributed by atoms with van der Waals surface area (Å²) < 4.78 is 15.8. The average molecular weight is 426 g/mol. The number of hydrogen-bond donors (Lipinski definition) is 2. The molecule has 0 spiro atoms. The zero-order valence-corrected chi connectivity index (χ0v) is 17.3. The van der Waals surface area contributed by atoms with E-state index < -0.39 is 0 Å². The van der Waals surface area contributed by atoms with Crippen LogP contribution in [0.1, 0.15) is 6.42 Å². The van der Waals surface area contributed by atoms with Crippen molar-refractivity contribution >= 4 is 40.1 Å². The first-order valence-corrected chi connectivity index (χ1v) is 10.5. The smallest absolute Gasteiger partial charge is 0.231 e. The summed E-state index contributed by atoms with van der Waals surface area (Å²) in [5.74, 6) is 2.27. The number of carbonyl (C=O) groups is 1. The van der Waals surface area contributed by atoms with Crippen LogP contribution in [0, 0.1) is 0 Å². The molecule has 2 aromatic carbocycles. The fourth-order valence-corrected chi connectivity index (χ4v) is 3.63. The number of thioether (sulfide) groups is 1. The first kappa shape index (κ1) is 20.2. The predicted octanol–water partition coefficient (Wildman–Crippen LogP) is 3.35. The molecule has 0 fully saturated rings. The number of rotatable bonds is 9. The van der Waals surface area contributed by atoms with Crippen LogP contribution in [0.3, 0.4) is 0 Å². The second-order valence-electron chi connectivity index (χ2n) is 6.55. The van der Waals surface area contributed by atoms with Gasteiger partial charge in [0, 0.05) is 37.4 Å². The van der Waals surface area contributed by atoms with E-state index in [2.05, 4.69) is 20.6 Å². The maximum atomic E-state index is 12.1. The quantitative estimate of drug-likeness (QED) is 0.306. The third kappa shape index (κ3) is 4.92. The van der Waals surface area contributed by atoms with Gasteiger partial charge in [-0.1, -0.05) is 23.9 Å². The Morgan fingerprint density at radius 3 is 2.93 bits per heavy atom. The number of aromatic nitrogens is 2. The lowest BCUT2D eigenvalue weighted by Gasteiger charge is -2.11. The van der Waals surface area contributed by atoms with Crippen molar-refractivity contribution in [2.45, 2.75) is 11.6 Å². The molecule has 30 heavy (non-hydrogen) atoms. The van der Waals surface area contributed by atoms with Crippen LogP contribution < -0.4 is 20.1 Å². The molecule has 2 N–H and O–H groups in total. The van der Waals surface area contributed by atoms with Crippen molar-refractivity contribution in [2.75, 3.05) is 38.1 Å². The maximum absolute atomic E-state index is 12.1. The predicted molar refractivity (Wildman–Crippen MR) is 116 cm³/mol. The molecular weight excluding hydrogens is 404 g/mol. The summed E-state index contributed by atoms with van der Waals surface area (Å²) in [5.41, 5.74) is 1.63. The molecule has 1 aromatic heterocycles. The van der Waals surface area contributed by atoms with Gasteiger partial charge in [0.05, 0.1) is 11.3 Å². The van der Waals surface area contributed by atoms with Gasteiger partial charge >= 0.3 is 0 Å². The molecule has 156 valence electrons. The molecule has 0 saturated heterocycles. The van der Waals surface area contributed by atoms with E-state index in [9.17, 15) is 4.79 Å². The highest BCUT2D eigenvalue weighted by Gasteiger charge is 2.15. The summed E-state index contributed by atoms with van der Waals surface area (Å²) in [4.78, 5) is 21.3. The van der Waals surface area contributed by atoms with Crippen LogP contribution in [0.4, 0.5) is 11.5 Å². The number of nitrogens with zero attached hydrogens (tertiary/aromatic N) is 2. The molecule has 0 radical (unpaired) electrons. The van der Waals surface area contributed by atoms with Gasteiger partial charge in [-0.15, -0.1) is 0 Å². The van der Waals surface area contributed by atoms with Crippen molar-refractivity contribution in [1.82, 2.24) is 15.3 Å². The van der Waals surface area contributed by atoms with Gasteiger partial charge in [-0.3, -0.25) is 4.79 Å². The second kappa shape index (κ2) is 9.64. The molecule has 1 aliphatic heterocycles. The minimum absolute atomic E-state index is 0.0573. The highest BCUT2D eigenvalue weighted by molar-refractivity contribution is 7.99. The summed E-state index contributed by atoms with van der Waals surface area (Å²) in [5, 5.41) is 7.63. The number of methoxy groups -OCH3 is 1. The summed E-state index contributed by atoms with van der Waals surface area (Å²) in [6.45, 7) is 1.43. The topological polar surface area (TPSA) is 94.6 Å². The molecule has 0 atom stereocenters. The van der Waals surface area contributed by atoms with Gasteiger partial charge in [0.15, 0.2) is 16.7 Å². The Morgan fingerprint density at radius 1 is 1.17 bits per heavy atom. The normalized spacial score (nSPS) is 12.2. The minimum atomic E-state index is -0.0573. The highest BCUT2D eigenvalue weighted by atomic mass is 32.2. The molecule has 0 aliphatic carbocycles. The monoisotopic (exact) mass is 426 g/mol. The Hall–Kier alpha value is -3.04. The van der Waals surface area contributed by atoms with Crippen LogP contribution in [-0.2, 0) is 9.53 Å². The van der Waals surface area contributed by atoms with Crippen LogP contribution >= 0.6 is 11.8 Å². The van der Waals surface area contributed by atoms with Crippen LogP contribution in [-0.4, -0.2) is 48.7 Å². The first-order valence-electron chi connectivity index (χ1n) is 9.55. The number of anilines is 2. The van der Waals surface area contributed by atoms with Crippen LogP contribution in [0.2, 0.25) is 0 Å². The minimum Gasteiger partial charge on any atom is -0.454 e. The lowest BCUT2D eigenvalue weighted by Crippen LogP contribution is -2.26. The molecule has 1 aliphatic rings. The fourth-order valence-electron chi connectivity index (χ4n) is 2.95. The van der Waals surface area contributed by atoms with Crippen molar-refractivity contribution in [2.24, 2.45) is 0 Å². The Kier molecular flexibility index (Phi) is 6.50. The summed E-state index contributed by atoms with van der Waals surface area (Å²) in [6, 6.07) is 13.4. The zero-order chi connectivity index (χ0) is 20.8. The molecule has 9 heteroatoms. The SMILES string of the molecule is COCCCNC(=O)CSc1nc(Nc2ccc3c(c2)OCO3)c2ccccc2n1. The van der Waals surface area contributed by atoms with Crippen molar-refractivity contribution in [3.8, 4) is 11.5 Å². The summed E-state index contributed by atoms with van der Waals surface area (Å²) >= 11 is 1.30. The molecule has 0 bridgehead atoms. The average Bonchev–Trinajstić information content (AvgIpc) is 3.23. The number of benzene rings is 2. The Bertz CT molecular complexity index is 1050. The van der Waals surface area contributed by atoms with Gasteiger partial charge in [0.25, 0.3) is 0 Å². The molecule has 1 amide bonds. The van der Waals surface area contributed by atoms with E-state index in [0.717, 1.165) is 28.8 Å². The molecule has 0 unspecified atom stereocenters. The lowest BCUT2D eigenvalue weighted by molar-refractivity contribution is -0.118. The van der Waals surface area contributed by atoms with E-state index >= 15 is 0 Å². The number of nitrogens with one attached hydrogen (secondary N) is 2. The van der Waals surface area contributed by atoms with E-state index in [1.54, 1.807) is 7.11 Å². The van der Waals surface area contributed by atoms with Gasteiger partial charge in [-0.25, -0.2) is 9.97 Å². The third-order valence-electron chi connectivity index (χ3n) is 4.40. The van der Waals surface area contributed by atoms with E-state index in [0.29, 0.717) is 29.9 Å². The number of hydrogen-bond acceptors (Lipinski definition) is 8. The van der Waals surface area contributed by atoms with Gasteiger partial charge in [-0.05, 0) is 30.7 Å². The van der Waals surface area contributed by atoms with Crippen molar-refractivity contribution < 1.29 is 19.0 Å².